The molecular weight excluding hydrogens is 277 g/mol. The molecule has 0 spiro atoms. The van der Waals surface area contributed by atoms with Crippen molar-refractivity contribution in [1.29, 1.82) is 0 Å². The van der Waals surface area contributed by atoms with Crippen LogP contribution in [0.2, 0.25) is 0 Å². The Morgan fingerprint density at radius 3 is 2.55 bits per heavy atom. The fourth-order valence-corrected chi connectivity index (χ4v) is 3.74. The van der Waals surface area contributed by atoms with E-state index in [2.05, 4.69) is 4.98 Å². The number of aromatic nitrogens is 1. The molecule has 2 N–H and O–H groups in total. The maximum Gasteiger partial charge on any atom is 0.359 e. The minimum absolute atomic E-state index is 0.224. The Labute approximate surface area is 118 Å². The average molecular weight is 297 g/mol. The van der Waals surface area contributed by atoms with E-state index in [-0.39, 0.29) is 19.6 Å². The summed E-state index contributed by atoms with van der Waals surface area (Å²) in [6, 6.07) is 7.77. The first kappa shape index (κ1) is 15.3. The van der Waals surface area contributed by atoms with Gasteiger partial charge >= 0.3 is 7.60 Å². The van der Waals surface area contributed by atoms with Crippen molar-refractivity contribution in [3.63, 3.8) is 0 Å². The van der Waals surface area contributed by atoms with Gasteiger partial charge in [0.1, 0.15) is 0 Å². The molecule has 0 radical (unpaired) electrons. The summed E-state index contributed by atoms with van der Waals surface area (Å²) >= 11 is 0. The number of aliphatic hydroxyl groups excluding tert-OH is 1. The van der Waals surface area contributed by atoms with Crippen LogP contribution in [0.25, 0.3) is 10.9 Å². The largest absolute Gasteiger partial charge is 0.380 e. The van der Waals surface area contributed by atoms with Gasteiger partial charge in [0.2, 0.25) is 0 Å². The van der Waals surface area contributed by atoms with Gasteiger partial charge in [-0.2, -0.15) is 0 Å². The standard InChI is InChI=1S/C14H20NO4P/c1-3-18-20(17,19-4-2)14(16)9-11-10-15-13-8-6-5-7-12(11)13/h5-8,10,14-16H,3-4,9H2,1-2H3. The highest BCUT2D eigenvalue weighted by Crippen LogP contribution is 2.53. The second-order valence-corrected chi connectivity index (χ2v) is 6.61. The smallest absolute Gasteiger partial charge is 0.359 e. The van der Waals surface area contributed by atoms with Gasteiger partial charge in [-0.05, 0) is 25.5 Å². The normalized spacial score (nSPS) is 13.8. The van der Waals surface area contributed by atoms with E-state index in [0.29, 0.717) is 0 Å². The van der Waals surface area contributed by atoms with Crippen LogP contribution in [0.4, 0.5) is 0 Å². The van der Waals surface area contributed by atoms with Gasteiger partial charge in [-0.3, -0.25) is 4.57 Å². The third kappa shape index (κ3) is 3.13. The Bertz CT molecular complexity index is 600. The molecule has 1 aromatic heterocycles. The molecule has 0 amide bonds. The lowest BCUT2D eigenvalue weighted by Crippen LogP contribution is -2.15. The van der Waals surface area contributed by atoms with Crippen molar-refractivity contribution in [2.24, 2.45) is 0 Å². The van der Waals surface area contributed by atoms with E-state index in [9.17, 15) is 9.67 Å². The number of hydrogen-bond acceptors (Lipinski definition) is 4. The quantitative estimate of drug-likeness (QED) is 0.769. The van der Waals surface area contributed by atoms with E-state index in [1.165, 1.54) is 0 Å². The third-order valence-electron chi connectivity index (χ3n) is 3.06. The molecule has 2 rings (SSSR count). The number of rotatable bonds is 7. The molecule has 5 nitrogen and oxygen atoms in total. The van der Waals surface area contributed by atoms with Crippen LogP contribution in [-0.4, -0.2) is 29.1 Å². The first-order valence-electron chi connectivity index (χ1n) is 6.72. The van der Waals surface area contributed by atoms with E-state index in [1.807, 2.05) is 30.5 Å². The molecule has 1 atom stereocenters. The molecule has 6 heteroatoms. The van der Waals surface area contributed by atoms with Crippen LogP contribution < -0.4 is 0 Å². The number of aliphatic hydroxyl groups is 1. The fourth-order valence-electron chi connectivity index (χ4n) is 2.18. The maximum atomic E-state index is 12.5. The van der Waals surface area contributed by atoms with Crippen LogP contribution in [0.1, 0.15) is 19.4 Å². The van der Waals surface area contributed by atoms with E-state index in [1.54, 1.807) is 13.8 Å². The van der Waals surface area contributed by atoms with E-state index in [4.69, 9.17) is 9.05 Å². The average Bonchev–Trinajstić information content (AvgIpc) is 2.83. The Hall–Kier alpha value is -1.13. The molecule has 0 aliphatic heterocycles. The molecule has 1 aromatic carbocycles. The number of aromatic amines is 1. The Morgan fingerprint density at radius 1 is 1.25 bits per heavy atom. The minimum atomic E-state index is -3.49. The summed E-state index contributed by atoms with van der Waals surface area (Å²) < 4.78 is 22.8. The summed E-state index contributed by atoms with van der Waals surface area (Å²) in [6.07, 6.45) is 2.04. The number of benzene rings is 1. The second kappa shape index (κ2) is 6.55. The molecule has 2 aromatic rings. The van der Waals surface area contributed by atoms with Gasteiger partial charge in [-0.15, -0.1) is 0 Å². The summed E-state index contributed by atoms with van der Waals surface area (Å²) in [5.41, 5.74) is 1.88. The van der Waals surface area contributed by atoms with Crippen LogP contribution in [-0.2, 0) is 20.0 Å². The molecule has 20 heavy (non-hydrogen) atoms. The molecule has 0 saturated heterocycles. The zero-order valence-electron chi connectivity index (χ0n) is 11.7. The lowest BCUT2D eigenvalue weighted by molar-refractivity contribution is 0.149. The summed E-state index contributed by atoms with van der Waals surface area (Å²) in [4.78, 5) is 3.13. The minimum Gasteiger partial charge on any atom is -0.380 e. The van der Waals surface area contributed by atoms with Crippen molar-refractivity contribution in [2.45, 2.75) is 26.1 Å². The van der Waals surface area contributed by atoms with Crippen LogP contribution in [0.5, 0.6) is 0 Å². The number of para-hydroxylation sites is 1. The lowest BCUT2D eigenvalue weighted by atomic mass is 10.1. The van der Waals surface area contributed by atoms with Gasteiger partial charge in [0.15, 0.2) is 5.85 Å². The van der Waals surface area contributed by atoms with Gasteiger partial charge < -0.3 is 19.1 Å². The fraction of sp³-hybridized carbons (Fsp3) is 0.429. The van der Waals surface area contributed by atoms with E-state index in [0.717, 1.165) is 16.5 Å². The van der Waals surface area contributed by atoms with Crippen molar-refractivity contribution in [2.75, 3.05) is 13.2 Å². The van der Waals surface area contributed by atoms with E-state index < -0.39 is 13.4 Å². The van der Waals surface area contributed by atoms with Crippen molar-refractivity contribution in [3.8, 4) is 0 Å². The highest BCUT2D eigenvalue weighted by Gasteiger charge is 2.34. The number of fused-ring (bicyclic) bond motifs is 1. The predicted octanol–water partition coefficient (Wildman–Crippen LogP) is 3.29. The molecule has 0 aliphatic carbocycles. The Balaban J connectivity index is 2.21. The monoisotopic (exact) mass is 297 g/mol. The molecular formula is C14H20NO4P. The molecule has 0 fully saturated rings. The molecule has 1 heterocycles. The molecule has 110 valence electrons. The number of nitrogens with one attached hydrogen (secondary N) is 1. The van der Waals surface area contributed by atoms with Crippen molar-refractivity contribution in [1.82, 2.24) is 4.98 Å². The van der Waals surface area contributed by atoms with Gasteiger partial charge in [-0.25, -0.2) is 0 Å². The Kier molecular flexibility index (Phi) is 5.00. The maximum absolute atomic E-state index is 12.5. The summed E-state index contributed by atoms with van der Waals surface area (Å²) in [5, 5.41) is 11.2. The topological polar surface area (TPSA) is 71.6 Å². The summed E-state index contributed by atoms with van der Waals surface area (Å²) in [7, 11) is -3.49. The molecule has 0 saturated carbocycles. The lowest BCUT2D eigenvalue weighted by Gasteiger charge is -2.22. The van der Waals surface area contributed by atoms with Crippen LogP contribution in [0.3, 0.4) is 0 Å². The van der Waals surface area contributed by atoms with Gasteiger partial charge in [0, 0.05) is 23.5 Å². The van der Waals surface area contributed by atoms with Gasteiger partial charge in [-0.1, -0.05) is 18.2 Å². The predicted molar refractivity (Wildman–Crippen MR) is 78.9 cm³/mol. The van der Waals surface area contributed by atoms with Gasteiger partial charge in [0.25, 0.3) is 0 Å². The summed E-state index contributed by atoms with van der Waals surface area (Å²) in [5.74, 6) is -1.17. The SMILES string of the molecule is CCOP(=O)(OCC)C(O)Cc1c[nH]c2ccccc12. The Morgan fingerprint density at radius 2 is 1.90 bits per heavy atom. The van der Waals surface area contributed by atoms with Crippen LogP contribution in [0, 0.1) is 0 Å². The highest BCUT2D eigenvalue weighted by atomic mass is 31.2. The summed E-state index contributed by atoms with van der Waals surface area (Å²) in [6.45, 7) is 3.93. The molecule has 0 bridgehead atoms. The zero-order chi connectivity index (χ0) is 14.6. The number of hydrogen-bond donors (Lipinski definition) is 2. The van der Waals surface area contributed by atoms with Crippen LogP contribution >= 0.6 is 7.60 Å². The molecule has 1 unspecified atom stereocenters. The highest BCUT2D eigenvalue weighted by molar-refractivity contribution is 7.54. The van der Waals surface area contributed by atoms with Crippen molar-refractivity contribution in [3.05, 3.63) is 36.0 Å². The zero-order valence-corrected chi connectivity index (χ0v) is 12.6. The van der Waals surface area contributed by atoms with E-state index >= 15 is 0 Å². The second-order valence-electron chi connectivity index (χ2n) is 4.42. The first-order valence-corrected chi connectivity index (χ1v) is 8.33. The third-order valence-corrected chi connectivity index (χ3v) is 5.21. The van der Waals surface area contributed by atoms with Crippen LogP contribution in [0.15, 0.2) is 30.5 Å². The number of H-pyrrole nitrogens is 1. The van der Waals surface area contributed by atoms with Crippen molar-refractivity contribution >= 4 is 18.5 Å². The van der Waals surface area contributed by atoms with Gasteiger partial charge in [0.05, 0.1) is 13.2 Å². The molecule has 0 aliphatic rings. The van der Waals surface area contributed by atoms with Crippen molar-refractivity contribution < 1.29 is 18.7 Å². The first-order chi connectivity index (χ1) is 9.60.